The number of fused-ring (bicyclic) bond motifs is 1. The summed E-state index contributed by atoms with van der Waals surface area (Å²) in [5.41, 5.74) is 7.08. The monoisotopic (exact) mass is 424 g/mol. The lowest BCUT2D eigenvalue weighted by molar-refractivity contribution is -0.144. The van der Waals surface area contributed by atoms with Gasteiger partial charge in [0.15, 0.2) is 0 Å². The Hall–Kier alpha value is -2.01. The smallest absolute Gasteiger partial charge is 0.324 e. The van der Waals surface area contributed by atoms with Crippen LogP contribution in [0, 0.1) is 12.8 Å². The molecule has 2 aliphatic rings. The fourth-order valence-corrected chi connectivity index (χ4v) is 4.98. The zero-order chi connectivity index (χ0) is 21.0. The number of sulfonamides is 1. The molecule has 0 spiro atoms. The minimum atomic E-state index is -3.64. The van der Waals surface area contributed by atoms with Crippen molar-refractivity contribution in [2.75, 3.05) is 13.7 Å². The van der Waals surface area contributed by atoms with Gasteiger partial charge in [0.1, 0.15) is 6.04 Å². The third-order valence-electron chi connectivity index (χ3n) is 5.55. The number of hydrogen-bond acceptors (Lipinski definition) is 7. The highest BCUT2D eigenvalue weighted by molar-refractivity contribution is 7.89. The van der Waals surface area contributed by atoms with Crippen LogP contribution in [0.15, 0.2) is 29.2 Å². The van der Waals surface area contributed by atoms with Crippen LogP contribution >= 0.6 is 0 Å². The van der Waals surface area contributed by atoms with Crippen LogP contribution in [-0.2, 0) is 24.3 Å². The highest BCUT2D eigenvalue weighted by Crippen LogP contribution is 2.31. The summed E-state index contributed by atoms with van der Waals surface area (Å²) in [5.74, 6) is -0.488. The number of carbonyl (C=O) groups is 2. The Morgan fingerprint density at radius 1 is 1.17 bits per heavy atom. The van der Waals surface area contributed by atoms with Crippen molar-refractivity contribution in [3.63, 3.8) is 0 Å². The van der Waals surface area contributed by atoms with Crippen molar-refractivity contribution in [3.05, 3.63) is 29.8 Å². The predicted octanol–water partition coefficient (Wildman–Crippen LogP) is -0.0337. The van der Waals surface area contributed by atoms with E-state index >= 15 is 0 Å². The van der Waals surface area contributed by atoms with Gasteiger partial charge in [0, 0.05) is 31.0 Å². The zero-order valence-electron chi connectivity index (χ0n) is 16.6. The Labute approximate surface area is 171 Å². The number of nitrogens with one attached hydrogen (secondary N) is 4. The van der Waals surface area contributed by atoms with Crippen LogP contribution in [0.5, 0.6) is 0 Å². The van der Waals surface area contributed by atoms with E-state index in [0.29, 0.717) is 6.42 Å². The molecule has 29 heavy (non-hydrogen) atoms. The van der Waals surface area contributed by atoms with Crippen LogP contribution in [0.4, 0.5) is 0 Å². The number of esters is 1. The number of amides is 1. The molecule has 160 valence electrons. The summed E-state index contributed by atoms with van der Waals surface area (Å²) >= 11 is 0. The molecule has 0 bridgehead atoms. The zero-order valence-corrected chi connectivity index (χ0v) is 17.4. The summed E-state index contributed by atoms with van der Waals surface area (Å²) in [4.78, 5) is 24.3. The van der Waals surface area contributed by atoms with E-state index < -0.39 is 16.1 Å². The van der Waals surface area contributed by atoms with Crippen molar-refractivity contribution < 1.29 is 22.7 Å². The standard InChI is InChI=1S/C19H28N4O5S/c1-12-3-6-14(7-4-12)29(26,27)20-10-9-17(24)21-13-5-8-16-15(11-13)18(23-22-16)19(25)28-2/h3-4,6-7,13,15-16,18,20,22-23H,5,8-11H2,1-2H3,(H,21,24). The molecule has 1 aliphatic heterocycles. The number of ether oxygens (including phenoxy) is 1. The lowest BCUT2D eigenvalue weighted by atomic mass is 9.79. The van der Waals surface area contributed by atoms with Gasteiger partial charge in [0.25, 0.3) is 0 Å². The average Bonchev–Trinajstić information content (AvgIpc) is 3.11. The molecular weight excluding hydrogens is 396 g/mol. The molecule has 4 atom stereocenters. The van der Waals surface area contributed by atoms with E-state index in [0.717, 1.165) is 18.4 Å². The fraction of sp³-hybridized carbons (Fsp3) is 0.579. The third-order valence-corrected chi connectivity index (χ3v) is 7.02. The van der Waals surface area contributed by atoms with Gasteiger partial charge in [0.05, 0.1) is 12.0 Å². The van der Waals surface area contributed by atoms with Gasteiger partial charge >= 0.3 is 5.97 Å². The average molecular weight is 425 g/mol. The molecule has 4 unspecified atom stereocenters. The Balaban J connectivity index is 1.46. The predicted molar refractivity (Wildman–Crippen MR) is 106 cm³/mol. The molecule has 10 heteroatoms. The molecule has 1 amide bonds. The van der Waals surface area contributed by atoms with Gasteiger partial charge in [0.2, 0.25) is 15.9 Å². The van der Waals surface area contributed by atoms with Crippen LogP contribution in [0.2, 0.25) is 0 Å². The molecule has 1 heterocycles. The molecule has 0 radical (unpaired) electrons. The Morgan fingerprint density at radius 2 is 1.90 bits per heavy atom. The first kappa shape index (κ1) is 21.7. The first-order valence-electron chi connectivity index (χ1n) is 9.75. The summed E-state index contributed by atoms with van der Waals surface area (Å²) < 4.78 is 31.8. The van der Waals surface area contributed by atoms with Crippen molar-refractivity contribution in [1.82, 2.24) is 20.9 Å². The van der Waals surface area contributed by atoms with Crippen LogP contribution in [-0.4, -0.2) is 52.1 Å². The largest absolute Gasteiger partial charge is 0.468 e. The summed E-state index contributed by atoms with van der Waals surface area (Å²) in [6.07, 6.45) is 2.33. The molecule has 4 N–H and O–H groups in total. The summed E-state index contributed by atoms with van der Waals surface area (Å²) in [6.45, 7) is 1.90. The summed E-state index contributed by atoms with van der Waals surface area (Å²) in [7, 11) is -2.28. The first-order valence-corrected chi connectivity index (χ1v) is 11.2. The summed E-state index contributed by atoms with van der Waals surface area (Å²) in [5, 5.41) is 2.96. The normalized spacial score (nSPS) is 26.6. The minimum Gasteiger partial charge on any atom is -0.468 e. The van der Waals surface area contributed by atoms with Gasteiger partial charge in [-0.15, -0.1) is 0 Å². The van der Waals surface area contributed by atoms with Crippen LogP contribution in [0.1, 0.15) is 31.2 Å². The minimum absolute atomic E-state index is 0.0225. The molecule has 1 saturated carbocycles. The number of hydrogen-bond donors (Lipinski definition) is 4. The van der Waals surface area contributed by atoms with Crippen LogP contribution in [0.25, 0.3) is 0 Å². The lowest BCUT2D eigenvalue weighted by Crippen LogP contribution is -2.46. The van der Waals surface area contributed by atoms with Crippen molar-refractivity contribution in [2.45, 2.75) is 55.6 Å². The van der Waals surface area contributed by atoms with Gasteiger partial charge < -0.3 is 10.1 Å². The second-order valence-corrected chi connectivity index (χ2v) is 9.37. The molecule has 1 aromatic carbocycles. The number of rotatable bonds is 7. The van der Waals surface area contributed by atoms with E-state index in [2.05, 4.69) is 20.9 Å². The number of methoxy groups -OCH3 is 1. The Bertz CT molecular complexity index is 843. The molecular formula is C19H28N4O5S. The highest BCUT2D eigenvalue weighted by Gasteiger charge is 2.44. The van der Waals surface area contributed by atoms with Gasteiger partial charge in [-0.05, 0) is 38.3 Å². The van der Waals surface area contributed by atoms with Crippen LogP contribution in [0.3, 0.4) is 0 Å². The maximum atomic E-state index is 12.3. The van der Waals surface area contributed by atoms with Crippen molar-refractivity contribution in [3.8, 4) is 0 Å². The van der Waals surface area contributed by atoms with Gasteiger partial charge in [-0.1, -0.05) is 17.7 Å². The van der Waals surface area contributed by atoms with E-state index in [-0.39, 0.29) is 47.7 Å². The summed E-state index contributed by atoms with van der Waals surface area (Å²) in [6, 6.07) is 6.23. The topological polar surface area (TPSA) is 126 Å². The van der Waals surface area contributed by atoms with Gasteiger partial charge in [-0.25, -0.2) is 18.6 Å². The molecule has 2 fully saturated rings. The van der Waals surface area contributed by atoms with Crippen molar-refractivity contribution >= 4 is 21.9 Å². The molecule has 1 aliphatic carbocycles. The van der Waals surface area contributed by atoms with Gasteiger partial charge in [-0.2, -0.15) is 0 Å². The second-order valence-electron chi connectivity index (χ2n) is 7.60. The second kappa shape index (κ2) is 9.21. The molecule has 9 nitrogen and oxygen atoms in total. The SMILES string of the molecule is COC(=O)C1NNC2CCC(NC(=O)CCNS(=O)(=O)c3ccc(C)cc3)CC21. The Kier molecular flexibility index (Phi) is 6.89. The third kappa shape index (κ3) is 5.33. The maximum absolute atomic E-state index is 12.3. The van der Waals surface area contributed by atoms with Crippen molar-refractivity contribution in [2.24, 2.45) is 5.92 Å². The Morgan fingerprint density at radius 3 is 2.59 bits per heavy atom. The van der Waals surface area contributed by atoms with E-state index in [1.165, 1.54) is 19.2 Å². The fourth-order valence-electron chi connectivity index (χ4n) is 3.95. The number of hydrazine groups is 1. The maximum Gasteiger partial charge on any atom is 0.324 e. The number of aryl methyl sites for hydroxylation is 1. The quantitative estimate of drug-likeness (QED) is 0.453. The van der Waals surface area contributed by atoms with E-state index in [9.17, 15) is 18.0 Å². The number of benzene rings is 1. The molecule has 1 saturated heterocycles. The number of carbonyl (C=O) groups excluding carboxylic acids is 2. The highest BCUT2D eigenvalue weighted by atomic mass is 32.2. The molecule has 1 aromatic rings. The van der Waals surface area contributed by atoms with E-state index in [1.807, 2.05) is 6.92 Å². The molecule has 0 aromatic heterocycles. The first-order chi connectivity index (χ1) is 13.8. The van der Waals surface area contributed by atoms with Crippen molar-refractivity contribution in [1.29, 1.82) is 0 Å². The lowest BCUT2D eigenvalue weighted by Gasteiger charge is -2.32. The van der Waals surface area contributed by atoms with Crippen LogP contribution < -0.4 is 20.9 Å². The molecule has 3 rings (SSSR count). The van der Waals surface area contributed by atoms with E-state index in [4.69, 9.17) is 4.74 Å². The van der Waals surface area contributed by atoms with Gasteiger partial charge in [-0.3, -0.25) is 15.0 Å². The van der Waals surface area contributed by atoms with E-state index in [1.54, 1.807) is 12.1 Å².